The molecule has 1 N–H and O–H groups in total. The normalized spacial score (nSPS) is 11.1. The Hall–Kier alpha value is -3.35. The number of nitrogens with one attached hydrogen (secondary N) is 1. The molecule has 0 bridgehead atoms. The van der Waals surface area contributed by atoms with Crippen molar-refractivity contribution < 1.29 is 0 Å². The minimum absolute atomic E-state index is 0.694. The summed E-state index contributed by atoms with van der Waals surface area (Å²) in [5, 5.41) is 15.9. The number of pyridine rings is 2. The van der Waals surface area contributed by atoms with Crippen molar-refractivity contribution in [1.29, 1.82) is 0 Å². The smallest absolute Gasteiger partial charge is 0.154 e. The van der Waals surface area contributed by atoms with Crippen LogP contribution in [0.1, 0.15) is 24.6 Å². The molecule has 4 aromatic rings. The van der Waals surface area contributed by atoms with Gasteiger partial charge in [-0.05, 0) is 43.2 Å². The van der Waals surface area contributed by atoms with Crippen LogP contribution >= 0.6 is 0 Å². The van der Waals surface area contributed by atoms with Gasteiger partial charge >= 0.3 is 0 Å². The molecule has 0 fully saturated rings. The molecule has 136 valence electrons. The molecule has 7 heteroatoms. The zero-order valence-electron chi connectivity index (χ0n) is 15.6. The first-order chi connectivity index (χ1) is 13.1. The average molecular weight is 359 g/mol. The monoisotopic (exact) mass is 359 g/mol. The van der Waals surface area contributed by atoms with Gasteiger partial charge in [0.1, 0.15) is 5.82 Å². The molecule has 0 saturated heterocycles. The summed E-state index contributed by atoms with van der Waals surface area (Å²) in [5.41, 5.74) is 5.85. The fourth-order valence-electron chi connectivity index (χ4n) is 3.13. The summed E-state index contributed by atoms with van der Waals surface area (Å²) in [6.07, 6.45) is 7.71. The minimum Gasteiger partial charge on any atom is -0.323 e. The predicted molar refractivity (Wildman–Crippen MR) is 106 cm³/mol. The summed E-state index contributed by atoms with van der Waals surface area (Å²) in [4.78, 5) is 9.24. The molecule has 0 aliphatic rings. The summed E-state index contributed by atoms with van der Waals surface area (Å²) < 4.78 is 1.81. The number of rotatable bonds is 5. The van der Waals surface area contributed by atoms with Crippen molar-refractivity contribution in [2.75, 3.05) is 5.32 Å². The van der Waals surface area contributed by atoms with Crippen LogP contribution in [-0.4, -0.2) is 29.9 Å². The van der Waals surface area contributed by atoms with Crippen LogP contribution in [0.15, 0.2) is 42.9 Å². The van der Waals surface area contributed by atoms with Gasteiger partial charge in [0, 0.05) is 30.6 Å². The van der Waals surface area contributed by atoms with E-state index in [1.165, 1.54) is 0 Å². The second-order valence-corrected chi connectivity index (χ2v) is 6.58. The topological polar surface area (TPSA) is 81.4 Å². The Balaban J connectivity index is 1.67. The van der Waals surface area contributed by atoms with Crippen molar-refractivity contribution in [1.82, 2.24) is 29.9 Å². The molecule has 0 unspecified atom stereocenters. The van der Waals surface area contributed by atoms with E-state index >= 15 is 0 Å². The standard InChI is InChI=1S/C20H21N7/c1-4-5-14-8-20(25-22-10-14)24-19-7-6-17-18(23-19)9-15(11-21-17)16-12-27(3)26-13(16)2/h6-12H,4-5H2,1-3H3,(H,23,24,25). The first kappa shape index (κ1) is 17.1. The highest BCUT2D eigenvalue weighted by Crippen LogP contribution is 2.25. The molecule has 0 amide bonds. The Morgan fingerprint density at radius 1 is 1.07 bits per heavy atom. The lowest BCUT2D eigenvalue weighted by Gasteiger charge is -2.07. The number of aromatic nitrogens is 6. The molecule has 0 atom stereocenters. The lowest BCUT2D eigenvalue weighted by atomic mass is 10.1. The van der Waals surface area contributed by atoms with Crippen molar-refractivity contribution in [3.8, 4) is 11.1 Å². The maximum absolute atomic E-state index is 4.70. The molecule has 4 rings (SSSR count). The molecule has 27 heavy (non-hydrogen) atoms. The number of fused-ring (bicyclic) bond motifs is 1. The van der Waals surface area contributed by atoms with Crippen molar-refractivity contribution in [3.63, 3.8) is 0 Å². The fourth-order valence-corrected chi connectivity index (χ4v) is 3.13. The van der Waals surface area contributed by atoms with Gasteiger partial charge in [-0.15, -0.1) is 5.10 Å². The third kappa shape index (κ3) is 3.62. The van der Waals surface area contributed by atoms with Crippen molar-refractivity contribution in [2.24, 2.45) is 7.05 Å². The highest BCUT2D eigenvalue weighted by atomic mass is 15.2. The molecular weight excluding hydrogens is 338 g/mol. The van der Waals surface area contributed by atoms with Crippen LogP contribution in [0.4, 0.5) is 11.6 Å². The molecule has 0 saturated carbocycles. The first-order valence-electron chi connectivity index (χ1n) is 8.98. The summed E-state index contributed by atoms with van der Waals surface area (Å²) in [6, 6.07) is 7.90. The number of hydrogen-bond donors (Lipinski definition) is 1. The second kappa shape index (κ2) is 7.11. The minimum atomic E-state index is 0.694. The van der Waals surface area contributed by atoms with Gasteiger partial charge in [-0.25, -0.2) is 4.98 Å². The molecule has 7 nitrogen and oxygen atoms in total. The van der Waals surface area contributed by atoms with Gasteiger partial charge in [0.25, 0.3) is 0 Å². The molecular formula is C20H21N7. The fraction of sp³-hybridized carbons (Fsp3) is 0.250. The maximum Gasteiger partial charge on any atom is 0.154 e. The van der Waals surface area contributed by atoms with E-state index in [0.29, 0.717) is 11.6 Å². The Morgan fingerprint density at radius 2 is 1.96 bits per heavy atom. The molecule has 0 aromatic carbocycles. The summed E-state index contributed by atoms with van der Waals surface area (Å²) >= 11 is 0. The molecule has 0 aliphatic heterocycles. The summed E-state index contributed by atoms with van der Waals surface area (Å²) in [7, 11) is 1.92. The summed E-state index contributed by atoms with van der Waals surface area (Å²) in [5.74, 6) is 1.41. The van der Waals surface area contributed by atoms with Crippen LogP contribution in [0.5, 0.6) is 0 Å². The SMILES string of the molecule is CCCc1cnnc(Nc2ccc3ncc(-c4cn(C)nc4C)cc3n2)c1. The predicted octanol–water partition coefficient (Wildman–Crippen LogP) is 3.82. The van der Waals surface area contributed by atoms with Crippen molar-refractivity contribution >= 4 is 22.7 Å². The van der Waals surface area contributed by atoms with Gasteiger partial charge < -0.3 is 5.32 Å². The first-order valence-corrected chi connectivity index (χ1v) is 8.98. The highest BCUT2D eigenvalue weighted by molar-refractivity contribution is 5.82. The van der Waals surface area contributed by atoms with Crippen molar-refractivity contribution in [3.05, 3.63) is 54.1 Å². The van der Waals surface area contributed by atoms with E-state index in [-0.39, 0.29) is 0 Å². The van der Waals surface area contributed by atoms with Crippen molar-refractivity contribution in [2.45, 2.75) is 26.7 Å². The van der Waals surface area contributed by atoms with E-state index in [4.69, 9.17) is 4.98 Å². The Bertz CT molecular complexity index is 1100. The van der Waals surface area contributed by atoms with Gasteiger partial charge in [0.15, 0.2) is 5.82 Å². The molecule has 4 heterocycles. The van der Waals surface area contributed by atoms with Gasteiger partial charge in [0.2, 0.25) is 0 Å². The van der Waals surface area contributed by atoms with E-state index < -0.39 is 0 Å². The van der Waals surface area contributed by atoms with Crippen LogP contribution in [0.3, 0.4) is 0 Å². The van der Waals surface area contributed by atoms with Crippen LogP contribution < -0.4 is 5.32 Å². The Morgan fingerprint density at radius 3 is 2.74 bits per heavy atom. The van der Waals surface area contributed by atoms with Crippen LogP contribution in [0.2, 0.25) is 0 Å². The maximum atomic E-state index is 4.70. The molecule has 0 radical (unpaired) electrons. The van der Waals surface area contributed by atoms with Crippen LogP contribution in [0, 0.1) is 6.92 Å². The van der Waals surface area contributed by atoms with Gasteiger partial charge in [0.05, 0.1) is 22.9 Å². The van der Waals surface area contributed by atoms with Crippen LogP contribution in [0.25, 0.3) is 22.2 Å². The third-order valence-corrected chi connectivity index (χ3v) is 4.37. The quantitative estimate of drug-likeness (QED) is 0.583. The zero-order valence-corrected chi connectivity index (χ0v) is 15.6. The lowest BCUT2D eigenvalue weighted by molar-refractivity contribution is 0.756. The number of hydrogen-bond acceptors (Lipinski definition) is 6. The van der Waals surface area contributed by atoms with E-state index in [1.807, 2.05) is 55.3 Å². The van der Waals surface area contributed by atoms with E-state index in [1.54, 1.807) is 6.20 Å². The molecule has 4 aromatic heterocycles. The highest BCUT2D eigenvalue weighted by Gasteiger charge is 2.09. The molecule has 0 spiro atoms. The number of anilines is 2. The van der Waals surface area contributed by atoms with Gasteiger partial charge in [-0.2, -0.15) is 10.2 Å². The average Bonchev–Trinajstić information content (AvgIpc) is 3.00. The van der Waals surface area contributed by atoms with Gasteiger partial charge in [-0.3, -0.25) is 9.67 Å². The van der Waals surface area contributed by atoms with Gasteiger partial charge in [-0.1, -0.05) is 13.3 Å². The lowest BCUT2D eigenvalue weighted by Crippen LogP contribution is -1.99. The van der Waals surface area contributed by atoms with E-state index in [0.717, 1.165) is 46.3 Å². The third-order valence-electron chi connectivity index (χ3n) is 4.37. The van der Waals surface area contributed by atoms with E-state index in [2.05, 4.69) is 32.5 Å². The van der Waals surface area contributed by atoms with Crippen LogP contribution in [-0.2, 0) is 13.5 Å². The largest absolute Gasteiger partial charge is 0.323 e. The Kier molecular flexibility index (Phi) is 4.50. The number of aryl methyl sites for hydroxylation is 3. The second-order valence-electron chi connectivity index (χ2n) is 6.58. The Labute approximate surface area is 157 Å². The zero-order chi connectivity index (χ0) is 18.8. The van der Waals surface area contributed by atoms with E-state index in [9.17, 15) is 0 Å². The summed E-state index contributed by atoms with van der Waals surface area (Å²) in [6.45, 7) is 4.14. The molecule has 0 aliphatic carbocycles. The number of nitrogens with zero attached hydrogens (tertiary/aromatic N) is 6.